The largest absolute Gasteiger partial charge is 0.361 e. The van der Waals surface area contributed by atoms with Gasteiger partial charge in [-0.3, -0.25) is 9.98 Å². The fourth-order valence-electron chi connectivity index (χ4n) is 3.59. The van der Waals surface area contributed by atoms with Crippen LogP contribution in [0.3, 0.4) is 0 Å². The van der Waals surface area contributed by atoms with Gasteiger partial charge in [-0.2, -0.15) is 0 Å². The molecule has 4 rings (SSSR count). The highest BCUT2D eigenvalue weighted by Gasteiger charge is 2.28. The lowest BCUT2D eigenvalue weighted by atomic mass is 9.87. The van der Waals surface area contributed by atoms with Crippen LogP contribution in [0.4, 0.5) is 22.0 Å². The van der Waals surface area contributed by atoms with Gasteiger partial charge in [0.15, 0.2) is 23.3 Å². The van der Waals surface area contributed by atoms with E-state index in [-0.39, 0.29) is 0 Å². The number of hydrogen-bond donors (Lipinski definition) is 1. The van der Waals surface area contributed by atoms with E-state index in [4.69, 9.17) is 0 Å². The van der Waals surface area contributed by atoms with Crippen LogP contribution < -0.4 is 0 Å². The molecule has 3 aromatic rings. The number of aromatic nitrogens is 2. The molecule has 0 unspecified atom stereocenters. The summed E-state index contributed by atoms with van der Waals surface area (Å²) in [7, 11) is 0. The van der Waals surface area contributed by atoms with Crippen LogP contribution >= 0.6 is 0 Å². The molecular formula is C22H16F5N3. The first-order valence-electron chi connectivity index (χ1n) is 9.30. The van der Waals surface area contributed by atoms with Gasteiger partial charge >= 0.3 is 0 Å². The van der Waals surface area contributed by atoms with Crippen LogP contribution in [0.25, 0.3) is 5.57 Å². The maximum Gasteiger partial charge on any atom is 0.200 e. The van der Waals surface area contributed by atoms with Gasteiger partial charge in [0.25, 0.3) is 0 Å². The third-order valence-electron chi connectivity index (χ3n) is 5.02. The average Bonchev–Trinajstić information content (AvgIpc) is 3.32. The van der Waals surface area contributed by atoms with E-state index in [1.54, 1.807) is 36.8 Å². The van der Waals surface area contributed by atoms with Crippen LogP contribution in [0, 0.1) is 29.1 Å². The summed E-state index contributed by atoms with van der Waals surface area (Å²) in [6, 6.07) is 6.92. The number of aliphatic imine (C=N–C) groups is 1. The molecular weight excluding hydrogens is 401 g/mol. The van der Waals surface area contributed by atoms with Crippen LogP contribution in [-0.2, 0) is 6.42 Å². The summed E-state index contributed by atoms with van der Waals surface area (Å²) in [5, 5.41) is 0. The van der Waals surface area contributed by atoms with Crippen molar-refractivity contribution in [2.45, 2.75) is 19.3 Å². The zero-order chi connectivity index (χ0) is 21.3. The number of nitrogens with zero attached hydrogens (tertiary/aromatic N) is 2. The van der Waals surface area contributed by atoms with Gasteiger partial charge in [0.05, 0.1) is 5.71 Å². The van der Waals surface area contributed by atoms with Crippen LogP contribution in [0.15, 0.2) is 53.4 Å². The van der Waals surface area contributed by atoms with Crippen molar-refractivity contribution in [3.05, 3.63) is 94.3 Å². The van der Waals surface area contributed by atoms with Crippen molar-refractivity contribution in [2.24, 2.45) is 4.99 Å². The monoisotopic (exact) mass is 417 g/mol. The minimum absolute atomic E-state index is 0.422. The number of nitrogens with one attached hydrogen (secondary N) is 1. The minimum atomic E-state index is -2.17. The molecule has 0 saturated carbocycles. The lowest BCUT2D eigenvalue weighted by Gasteiger charge is -2.21. The molecule has 154 valence electrons. The molecule has 30 heavy (non-hydrogen) atoms. The number of hydrogen-bond acceptors (Lipinski definition) is 2. The van der Waals surface area contributed by atoms with Gasteiger partial charge in [0.2, 0.25) is 5.82 Å². The molecule has 0 saturated heterocycles. The first-order valence-corrected chi connectivity index (χ1v) is 9.30. The summed E-state index contributed by atoms with van der Waals surface area (Å²) in [5.41, 5.74) is 2.06. The van der Waals surface area contributed by atoms with E-state index in [0.29, 0.717) is 47.5 Å². The summed E-state index contributed by atoms with van der Waals surface area (Å²) in [5.74, 6) is -9.73. The van der Waals surface area contributed by atoms with Gasteiger partial charge in [-0.1, -0.05) is 0 Å². The second-order valence-electron chi connectivity index (χ2n) is 6.84. The van der Waals surface area contributed by atoms with Crippen molar-refractivity contribution in [3.8, 4) is 0 Å². The van der Waals surface area contributed by atoms with E-state index in [2.05, 4.69) is 15.0 Å². The molecule has 3 heterocycles. The molecule has 3 nitrogen and oxygen atoms in total. The zero-order valence-electron chi connectivity index (χ0n) is 15.7. The Bertz CT molecular complexity index is 1110. The Kier molecular flexibility index (Phi) is 5.48. The summed E-state index contributed by atoms with van der Waals surface area (Å²) >= 11 is 0. The topological polar surface area (TPSA) is 41.0 Å². The van der Waals surface area contributed by atoms with Crippen molar-refractivity contribution in [3.63, 3.8) is 0 Å². The van der Waals surface area contributed by atoms with Crippen molar-refractivity contribution in [2.75, 3.05) is 6.54 Å². The molecule has 0 atom stereocenters. The van der Waals surface area contributed by atoms with Gasteiger partial charge in [-0.15, -0.1) is 0 Å². The fourth-order valence-corrected chi connectivity index (χ4v) is 3.59. The number of H-pyrrole nitrogens is 1. The van der Waals surface area contributed by atoms with E-state index in [1.165, 1.54) is 0 Å². The maximum absolute atomic E-state index is 14.4. The number of halogens is 5. The Morgan fingerprint density at radius 2 is 1.67 bits per heavy atom. The van der Waals surface area contributed by atoms with Crippen LogP contribution in [0.2, 0.25) is 0 Å². The van der Waals surface area contributed by atoms with Crippen molar-refractivity contribution < 1.29 is 22.0 Å². The highest BCUT2D eigenvalue weighted by molar-refractivity contribution is 6.16. The molecule has 0 fully saturated rings. The highest BCUT2D eigenvalue weighted by Crippen LogP contribution is 2.33. The van der Waals surface area contributed by atoms with Crippen molar-refractivity contribution >= 4 is 11.3 Å². The van der Waals surface area contributed by atoms with E-state index >= 15 is 0 Å². The van der Waals surface area contributed by atoms with E-state index in [0.717, 1.165) is 0 Å². The summed E-state index contributed by atoms with van der Waals surface area (Å²) in [4.78, 5) is 11.6. The van der Waals surface area contributed by atoms with E-state index in [9.17, 15) is 22.0 Å². The zero-order valence-corrected chi connectivity index (χ0v) is 15.7. The first-order chi connectivity index (χ1) is 14.5. The number of benzene rings is 1. The average molecular weight is 417 g/mol. The predicted molar refractivity (Wildman–Crippen MR) is 103 cm³/mol. The summed E-state index contributed by atoms with van der Waals surface area (Å²) in [6.07, 6.45) is 5.60. The first kappa shape index (κ1) is 20.0. The predicted octanol–water partition coefficient (Wildman–Crippen LogP) is 5.38. The maximum atomic E-state index is 14.4. The van der Waals surface area contributed by atoms with E-state index < -0.39 is 41.1 Å². The molecule has 2 aromatic heterocycles. The third kappa shape index (κ3) is 3.53. The summed E-state index contributed by atoms with van der Waals surface area (Å²) in [6.45, 7) is 0.564. The van der Waals surface area contributed by atoms with Crippen molar-refractivity contribution in [1.82, 2.24) is 9.97 Å². The fraction of sp³-hybridized carbons (Fsp3) is 0.182. The van der Waals surface area contributed by atoms with Gasteiger partial charge in [-0.25, -0.2) is 22.0 Å². The Morgan fingerprint density at radius 1 is 0.933 bits per heavy atom. The highest BCUT2D eigenvalue weighted by atomic mass is 19.2. The Labute approximate surface area is 169 Å². The normalized spacial score (nSPS) is 15.8. The second kappa shape index (κ2) is 8.22. The van der Waals surface area contributed by atoms with Gasteiger partial charge < -0.3 is 4.98 Å². The molecule has 0 amide bonds. The number of pyridine rings is 1. The SMILES string of the molecule is Fc1c(F)c(F)c(CC(=C2CCCN=C2c2cccnc2)c2ccc[nH]2)c(F)c1F. The Hall–Kier alpha value is -3.29. The van der Waals surface area contributed by atoms with Crippen LogP contribution in [0.5, 0.6) is 0 Å². The minimum Gasteiger partial charge on any atom is -0.361 e. The molecule has 0 bridgehead atoms. The molecule has 1 N–H and O–H groups in total. The molecule has 0 radical (unpaired) electrons. The Morgan fingerprint density at radius 3 is 2.30 bits per heavy atom. The van der Waals surface area contributed by atoms with Gasteiger partial charge in [0.1, 0.15) is 0 Å². The molecule has 1 aliphatic rings. The third-order valence-corrected chi connectivity index (χ3v) is 5.02. The van der Waals surface area contributed by atoms with Crippen LogP contribution in [-0.4, -0.2) is 22.2 Å². The molecule has 1 aliphatic heterocycles. The van der Waals surface area contributed by atoms with Crippen LogP contribution in [0.1, 0.15) is 29.7 Å². The molecule has 8 heteroatoms. The lowest BCUT2D eigenvalue weighted by Crippen LogP contribution is -2.16. The number of rotatable bonds is 4. The molecule has 0 aliphatic carbocycles. The Balaban J connectivity index is 1.91. The summed E-state index contributed by atoms with van der Waals surface area (Å²) < 4.78 is 69.8. The van der Waals surface area contributed by atoms with E-state index in [1.807, 2.05) is 6.07 Å². The van der Waals surface area contributed by atoms with Gasteiger partial charge in [0, 0.05) is 48.4 Å². The second-order valence-corrected chi connectivity index (χ2v) is 6.84. The lowest BCUT2D eigenvalue weighted by molar-refractivity contribution is 0.372. The smallest absolute Gasteiger partial charge is 0.200 e. The number of allylic oxidation sites excluding steroid dienone is 2. The quantitative estimate of drug-likeness (QED) is 0.345. The number of aromatic amines is 1. The molecule has 0 spiro atoms. The van der Waals surface area contributed by atoms with Gasteiger partial charge in [-0.05, 0) is 48.3 Å². The standard InChI is InChI=1S/C22H16F5N3/c23-17-15(18(24)20(26)21(27)19(17)25)10-14(16-6-3-8-29-16)13-5-2-9-30-22(13)12-4-1-7-28-11-12/h1,3-4,6-8,11,29H,2,5,9-10H2. The van der Waals surface area contributed by atoms with Crippen molar-refractivity contribution in [1.29, 1.82) is 0 Å². The molecule has 1 aromatic carbocycles.